The van der Waals surface area contributed by atoms with Gasteiger partial charge in [-0.05, 0) is 18.9 Å². The molecule has 0 spiro atoms. The van der Waals surface area contributed by atoms with Gasteiger partial charge in [-0.3, -0.25) is 0 Å². The van der Waals surface area contributed by atoms with Gasteiger partial charge in [0.1, 0.15) is 11.6 Å². The van der Waals surface area contributed by atoms with Crippen molar-refractivity contribution < 1.29 is 4.74 Å². The Bertz CT molecular complexity index is 410. The van der Waals surface area contributed by atoms with Crippen LogP contribution in [0.4, 0.5) is 11.6 Å². The van der Waals surface area contributed by atoms with Gasteiger partial charge in [-0.15, -0.1) is 0 Å². The first kappa shape index (κ1) is 12.7. The monoisotopic (exact) mass is 275 g/mol. The number of pyridine rings is 1. The molecule has 0 aliphatic heterocycles. The van der Waals surface area contributed by atoms with E-state index in [1.165, 1.54) is 0 Å². The second kappa shape index (κ2) is 5.29. The molecule has 2 N–H and O–H groups in total. The van der Waals surface area contributed by atoms with Gasteiger partial charge < -0.3 is 15.4 Å². The summed E-state index contributed by atoms with van der Waals surface area (Å²) < 4.78 is 5.10. The van der Waals surface area contributed by atoms with E-state index in [0.717, 1.165) is 19.4 Å². The van der Waals surface area contributed by atoms with Gasteiger partial charge in [0.2, 0.25) is 0 Å². The number of nitrogens with zero attached hydrogens (tertiary/aromatic N) is 2. The summed E-state index contributed by atoms with van der Waals surface area (Å²) in [5.41, 5.74) is 5.72. The summed E-state index contributed by atoms with van der Waals surface area (Å²) in [5.74, 6) is 1.02. The summed E-state index contributed by atoms with van der Waals surface area (Å²) >= 11 is 12.0. The topological polar surface area (TPSA) is 51.4 Å². The Kier molecular flexibility index (Phi) is 3.97. The number of hydrogen-bond acceptors (Lipinski definition) is 4. The summed E-state index contributed by atoms with van der Waals surface area (Å²) in [5, 5.41) is 0.924. The molecule has 1 aromatic heterocycles. The third-order valence-corrected chi connectivity index (χ3v) is 3.31. The Hall–Kier alpha value is -0.710. The number of rotatable bonds is 5. The van der Waals surface area contributed by atoms with Crippen LogP contribution in [0.1, 0.15) is 12.8 Å². The van der Waals surface area contributed by atoms with E-state index in [1.807, 2.05) is 0 Å². The zero-order valence-electron chi connectivity index (χ0n) is 9.62. The van der Waals surface area contributed by atoms with Crippen molar-refractivity contribution in [2.24, 2.45) is 0 Å². The van der Waals surface area contributed by atoms with E-state index < -0.39 is 0 Å². The predicted octanol–water partition coefficient (Wildman–Crippen LogP) is 2.59. The van der Waals surface area contributed by atoms with Crippen LogP contribution in [0.25, 0.3) is 0 Å². The van der Waals surface area contributed by atoms with Crippen molar-refractivity contribution in [2.45, 2.75) is 18.9 Å². The molecule has 1 heterocycles. The SMILES string of the molecule is COCCN(c1nc(N)c(Cl)cc1Cl)C1CC1. The molecule has 1 aliphatic rings. The zero-order valence-corrected chi connectivity index (χ0v) is 11.1. The highest BCUT2D eigenvalue weighted by Gasteiger charge is 2.31. The first-order valence-corrected chi connectivity index (χ1v) is 6.26. The third-order valence-electron chi connectivity index (χ3n) is 2.73. The van der Waals surface area contributed by atoms with Gasteiger partial charge >= 0.3 is 0 Å². The number of hydrogen-bond donors (Lipinski definition) is 1. The lowest BCUT2D eigenvalue weighted by atomic mass is 10.3. The van der Waals surface area contributed by atoms with Gasteiger partial charge in [-0.25, -0.2) is 4.98 Å². The van der Waals surface area contributed by atoms with Gasteiger partial charge in [-0.2, -0.15) is 0 Å². The number of methoxy groups -OCH3 is 1. The van der Waals surface area contributed by atoms with Crippen molar-refractivity contribution in [2.75, 3.05) is 30.9 Å². The van der Waals surface area contributed by atoms with Gasteiger partial charge in [0, 0.05) is 19.7 Å². The van der Waals surface area contributed by atoms with E-state index in [4.69, 9.17) is 33.7 Å². The molecule has 0 unspecified atom stereocenters. The van der Waals surface area contributed by atoms with Crippen LogP contribution in [0, 0.1) is 0 Å². The molecule has 2 rings (SSSR count). The quantitative estimate of drug-likeness (QED) is 0.898. The van der Waals surface area contributed by atoms with Crippen molar-refractivity contribution in [3.63, 3.8) is 0 Å². The second-order valence-electron chi connectivity index (χ2n) is 4.08. The van der Waals surface area contributed by atoms with Crippen molar-refractivity contribution >= 4 is 34.8 Å². The smallest absolute Gasteiger partial charge is 0.150 e. The molecule has 4 nitrogen and oxygen atoms in total. The fraction of sp³-hybridized carbons (Fsp3) is 0.545. The largest absolute Gasteiger partial charge is 0.383 e. The van der Waals surface area contributed by atoms with E-state index in [1.54, 1.807) is 13.2 Å². The van der Waals surface area contributed by atoms with E-state index >= 15 is 0 Å². The Balaban J connectivity index is 2.25. The van der Waals surface area contributed by atoms with Crippen LogP contribution in [0.15, 0.2) is 6.07 Å². The molecule has 0 radical (unpaired) electrons. The molecule has 0 amide bonds. The van der Waals surface area contributed by atoms with Crippen LogP contribution in [-0.4, -0.2) is 31.3 Å². The van der Waals surface area contributed by atoms with Crippen molar-refractivity contribution in [3.05, 3.63) is 16.1 Å². The number of nitrogens with two attached hydrogens (primary N) is 1. The van der Waals surface area contributed by atoms with Crippen LogP contribution in [-0.2, 0) is 4.74 Å². The van der Waals surface area contributed by atoms with E-state index in [-0.39, 0.29) is 0 Å². The molecule has 6 heteroatoms. The molecule has 0 saturated heterocycles. The summed E-state index contributed by atoms with van der Waals surface area (Å²) in [6.45, 7) is 1.39. The minimum Gasteiger partial charge on any atom is -0.383 e. The lowest BCUT2D eigenvalue weighted by Gasteiger charge is -2.24. The van der Waals surface area contributed by atoms with Gasteiger partial charge in [0.05, 0.1) is 16.7 Å². The van der Waals surface area contributed by atoms with E-state index in [2.05, 4.69) is 9.88 Å². The average Bonchev–Trinajstić information content (AvgIpc) is 3.10. The second-order valence-corrected chi connectivity index (χ2v) is 4.89. The van der Waals surface area contributed by atoms with E-state index in [0.29, 0.717) is 34.3 Å². The molecule has 0 atom stereocenters. The maximum absolute atomic E-state index is 6.16. The molecular formula is C11H15Cl2N3O. The summed E-state index contributed by atoms with van der Waals surface area (Å²) in [4.78, 5) is 6.41. The number of ether oxygens (including phenoxy) is 1. The fourth-order valence-electron chi connectivity index (χ4n) is 1.71. The van der Waals surface area contributed by atoms with Crippen LogP contribution in [0.2, 0.25) is 10.0 Å². The van der Waals surface area contributed by atoms with Crippen molar-refractivity contribution in [1.29, 1.82) is 0 Å². The predicted molar refractivity (Wildman–Crippen MR) is 70.9 cm³/mol. The fourth-order valence-corrected chi connectivity index (χ4v) is 2.18. The third kappa shape index (κ3) is 2.94. The highest BCUT2D eigenvalue weighted by molar-refractivity contribution is 6.37. The standard InChI is InChI=1S/C11H15Cl2N3O/c1-17-5-4-16(7-2-3-7)11-9(13)6-8(12)10(14)15-11/h6-7H,2-5H2,1H3,(H2,14,15). The van der Waals surface area contributed by atoms with Gasteiger partial charge in [0.25, 0.3) is 0 Å². The molecular weight excluding hydrogens is 261 g/mol. The lowest BCUT2D eigenvalue weighted by molar-refractivity contribution is 0.204. The number of aromatic nitrogens is 1. The Morgan fingerprint density at radius 3 is 2.76 bits per heavy atom. The van der Waals surface area contributed by atoms with Gasteiger partial charge in [0.15, 0.2) is 0 Å². The van der Waals surface area contributed by atoms with Crippen molar-refractivity contribution in [3.8, 4) is 0 Å². The molecule has 0 bridgehead atoms. The molecule has 1 aliphatic carbocycles. The molecule has 1 saturated carbocycles. The maximum Gasteiger partial charge on any atom is 0.150 e. The first-order chi connectivity index (χ1) is 8.13. The number of nitrogen functional groups attached to an aromatic ring is 1. The normalized spacial score (nSPS) is 15.0. The molecule has 1 aromatic rings. The molecule has 1 fully saturated rings. The Morgan fingerprint density at radius 2 is 2.18 bits per heavy atom. The molecule has 0 aromatic carbocycles. The van der Waals surface area contributed by atoms with Crippen LogP contribution < -0.4 is 10.6 Å². The summed E-state index contributed by atoms with van der Waals surface area (Å²) in [6.07, 6.45) is 2.31. The Labute approximate surface area is 111 Å². The maximum atomic E-state index is 6.16. The van der Waals surface area contributed by atoms with Crippen molar-refractivity contribution in [1.82, 2.24) is 4.98 Å². The molecule has 94 valence electrons. The summed E-state index contributed by atoms with van der Waals surface area (Å²) in [6, 6.07) is 2.14. The zero-order chi connectivity index (χ0) is 12.4. The van der Waals surface area contributed by atoms with E-state index in [9.17, 15) is 0 Å². The number of anilines is 2. The lowest BCUT2D eigenvalue weighted by Crippen LogP contribution is -2.30. The number of halogens is 2. The van der Waals surface area contributed by atoms with Crippen LogP contribution >= 0.6 is 23.2 Å². The van der Waals surface area contributed by atoms with Crippen LogP contribution in [0.3, 0.4) is 0 Å². The Morgan fingerprint density at radius 1 is 1.47 bits per heavy atom. The minimum atomic E-state index is 0.314. The first-order valence-electron chi connectivity index (χ1n) is 5.50. The van der Waals surface area contributed by atoms with Crippen LogP contribution in [0.5, 0.6) is 0 Å². The van der Waals surface area contributed by atoms with Gasteiger partial charge in [-0.1, -0.05) is 23.2 Å². The highest BCUT2D eigenvalue weighted by atomic mass is 35.5. The minimum absolute atomic E-state index is 0.314. The average molecular weight is 276 g/mol. The molecule has 17 heavy (non-hydrogen) atoms. The summed E-state index contributed by atoms with van der Waals surface area (Å²) in [7, 11) is 1.68. The highest BCUT2D eigenvalue weighted by Crippen LogP contribution is 2.36.